The van der Waals surface area contributed by atoms with E-state index in [2.05, 4.69) is 21.0 Å². The number of ether oxygens (including phenoxy) is 2. The highest BCUT2D eigenvalue weighted by molar-refractivity contribution is 7.71. The van der Waals surface area contributed by atoms with Gasteiger partial charge in [0.05, 0.1) is 4.88 Å². The van der Waals surface area contributed by atoms with E-state index in [1.807, 2.05) is 17.5 Å². The van der Waals surface area contributed by atoms with Crippen LogP contribution in [0.15, 0.2) is 35.7 Å². The Morgan fingerprint density at radius 2 is 2.03 bits per heavy atom. The number of nitrogens with one attached hydrogen (secondary N) is 3. The zero-order valence-corrected chi connectivity index (χ0v) is 16.9. The van der Waals surface area contributed by atoms with Gasteiger partial charge in [0, 0.05) is 5.56 Å². The van der Waals surface area contributed by atoms with Gasteiger partial charge in [0.2, 0.25) is 0 Å². The average Bonchev–Trinajstić information content (AvgIpc) is 3.40. The fourth-order valence-electron chi connectivity index (χ4n) is 2.84. The summed E-state index contributed by atoms with van der Waals surface area (Å²) >= 11 is 6.75. The van der Waals surface area contributed by atoms with Gasteiger partial charge in [-0.25, -0.2) is 0 Å². The van der Waals surface area contributed by atoms with Crippen LogP contribution in [0, 0.1) is 4.77 Å². The van der Waals surface area contributed by atoms with E-state index < -0.39 is 17.9 Å². The standard InChI is InChI=1S/C18H17N5O4S2/c1-10(23-15(19-22-18(23)28)14-3-2-8-29-14)16(24)20-21-17(25)11-4-5-12-13(9-11)27-7-6-26-12/h2-5,8-10H,6-7H2,1H3,(H,20,24)(H,21,25)(H,22,28). The van der Waals surface area contributed by atoms with Gasteiger partial charge in [0.1, 0.15) is 19.3 Å². The molecular formula is C18H17N5O4S2. The molecule has 0 saturated heterocycles. The minimum absolute atomic E-state index is 0.314. The van der Waals surface area contributed by atoms with E-state index in [4.69, 9.17) is 21.7 Å². The molecule has 0 saturated carbocycles. The number of nitrogens with zero attached hydrogens (tertiary/aromatic N) is 2. The van der Waals surface area contributed by atoms with Crippen LogP contribution < -0.4 is 20.3 Å². The first-order valence-electron chi connectivity index (χ1n) is 8.75. The molecule has 1 atom stereocenters. The van der Waals surface area contributed by atoms with Gasteiger partial charge >= 0.3 is 0 Å². The molecule has 0 bridgehead atoms. The smallest absolute Gasteiger partial charge is 0.269 e. The highest BCUT2D eigenvalue weighted by Gasteiger charge is 2.22. The van der Waals surface area contributed by atoms with Crippen molar-refractivity contribution in [1.82, 2.24) is 25.6 Å². The molecule has 1 unspecified atom stereocenters. The summed E-state index contributed by atoms with van der Waals surface area (Å²) in [7, 11) is 0. The molecule has 2 aromatic heterocycles. The number of carbonyl (C=O) groups is 2. The van der Waals surface area contributed by atoms with Gasteiger partial charge in [-0.2, -0.15) is 5.10 Å². The molecule has 11 heteroatoms. The number of hydrazine groups is 1. The number of hydrogen-bond donors (Lipinski definition) is 3. The van der Waals surface area contributed by atoms with Crippen LogP contribution in [0.5, 0.6) is 11.5 Å². The third-order valence-electron chi connectivity index (χ3n) is 4.32. The second kappa shape index (κ2) is 8.05. The van der Waals surface area contributed by atoms with E-state index in [1.165, 1.54) is 11.3 Å². The van der Waals surface area contributed by atoms with Crippen molar-refractivity contribution < 1.29 is 19.1 Å². The molecule has 0 fully saturated rings. The topological polar surface area (TPSA) is 110 Å². The normalized spacial score (nSPS) is 13.6. The molecule has 3 heterocycles. The second-order valence-electron chi connectivity index (χ2n) is 6.18. The number of thiophene rings is 1. The second-order valence-corrected chi connectivity index (χ2v) is 7.51. The van der Waals surface area contributed by atoms with Gasteiger partial charge in [0.15, 0.2) is 22.1 Å². The van der Waals surface area contributed by atoms with Crippen molar-refractivity contribution in [1.29, 1.82) is 0 Å². The average molecular weight is 431 g/mol. The van der Waals surface area contributed by atoms with Gasteiger partial charge in [-0.3, -0.25) is 30.1 Å². The lowest BCUT2D eigenvalue weighted by atomic mass is 10.2. The van der Waals surface area contributed by atoms with Crippen LogP contribution >= 0.6 is 23.6 Å². The third-order valence-corrected chi connectivity index (χ3v) is 5.47. The maximum Gasteiger partial charge on any atom is 0.269 e. The first-order valence-corrected chi connectivity index (χ1v) is 10.0. The number of rotatable bonds is 4. The van der Waals surface area contributed by atoms with Crippen molar-refractivity contribution in [2.45, 2.75) is 13.0 Å². The molecule has 4 rings (SSSR count). The lowest BCUT2D eigenvalue weighted by molar-refractivity contribution is -0.124. The quantitative estimate of drug-likeness (QED) is 0.432. The molecule has 3 aromatic rings. The number of H-pyrrole nitrogens is 1. The van der Waals surface area contributed by atoms with E-state index in [1.54, 1.807) is 29.7 Å². The van der Waals surface area contributed by atoms with Crippen molar-refractivity contribution in [3.63, 3.8) is 0 Å². The number of benzene rings is 1. The van der Waals surface area contributed by atoms with Gasteiger partial charge in [-0.15, -0.1) is 11.3 Å². The Kier molecular flexibility index (Phi) is 5.32. The molecule has 1 aromatic carbocycles. The lowest BCUT2D eigenvalue weighted by Gasteiger charge is -2.19. The maximum atomic E-state index is 12.6. The number of amides is 2. The van der Waals surface area contributed by atoms with E-state index in [9.17, 15) is 9.59 Å². The molecular weight excluding hydrogens is 414 g/mol. The van der Waals surface area contributed by atoms with Crippen molar-refractivity contribution in [2.24, 2.45) is 0 Å². The first kappa shape index (κ1) is 19.2. The molecule has 150 valence electrons. The van der Waals surface area contributed by atoms with Crippen molar-refractivity contribution in [2.75, 3.05) is 13.2 Å². The maximum absolute atomic E-state index is 12.6. The highest BCUT2D eigenvalue weighted by Crippen LogP contribution is 2.30. The molecule has 0 aliphatic carbocycles. The van der Waals surface area contributed by atoms with Crippen molar-refractivity contribution in [3.05, 3.63) is 46.0 Å². The van der Waals surface area contributed by atoms with E-state index in [0.717, 1.165) is 4.88 Å². The van der Waals surface area contributed by atoms with Crippen LogP contribution in [0.25, 0.3) is 10.7 Å². The Morgan fingerprint density at radius 3 is 2.79 bits per heavy atom. The Balaban J connectivity index is 1.44. The molecule has 2 amide bonds. The number of fused-ring (bicyclic) bond motifs is 1. The van der Waals surface area contributed by atoms with Crippen LogP contribution in [0.3, 0.4) is 0 Å². The molecule has 9 nitrogen and oxygen atoms in total. The first-order chi connectivity index (χ1) is 14.0. The minimum Gasteiger partial charge on any atom is -0.486 e. The predicted octanol–water partition coefficient (Wildman–Crippen LogP) is 2.46. The third kappa shape index (κ3) is 3.87. The van der Waals surface area contributed by atoms with Crippen molar-refractivity contribution >= 4 is 35.4 Å². The minimum atomic E-state index is -0.695. The van der Waals surface area contributed by atoms with E-state index in [-0.39, 0.29) is 0 Å². The van der Waals surface area contributed by atoms with Gasteiger partial charge in [-0.1, -0.05) is 6.07 Å². The summed E-state index contributed by atoms with van der Waals surface area (Å²) in [5.41, 5.74) is 5.18. The number of aromatic amines is 1. The molecule has 0 radical (unpaired) electrons. The summed E-state index contributed by atoms with van der Waals surface area (Å²) in [5, 5.41) is 8.83. The van der Waals surface area contributed by atoms with Gasteiger partial charge in [0.25, 0.3) is 11.8 Å². The van der Waals surface area contributed by atoms with Gasteiger partial charge in [-0.05, 0) is 48.8 Å². The van der Waals surface area contributed by atoms with Crippen LogP contribution in [-0.4, -0.2) is 39.8 Å². The van der Waals surface area contributed by atoms with Crippen LogP contribution in [0.1, 0.15) is 23.3 Å². The Labute approximate surface area is 174 Å². The lowest BCUT2D eigenvalue weighted by Crippen LogP contribution is -2.44. The van der Waals surface area contributed by atoms with Crippen LogP contribution in [0.2, 0.25) is 0 Å². The molecule has 0 spiro atoms. The Morgan fingerprint density at radius 1 is 1.24 bits per heavy atom. The molecule has 29 heavy (non-hydrogen) atoms. The van der Waals surface area contributed by atoms with Crippen LogP contribution in [0.4, 0.5) is 0 Å². The largest absolute Gasteiger partial charge is 0.486 e. The number of hydrogen-bond acceptors (Lipinski definition) is 7. The van der Waals surface area contributed by atoms with E-state index in [0.29, 0.717) is 40.9 Å². The van der Waals surface area contributed by atoms with Crippen molar-refractivity contribution in [3.8, 4) is 22.2 Å². The fraction of sp³-hybridized carbons (Fsp3) is 0.222. The van der Waals surface area contributed by atoms with Gasteiger partial charge < -0.3 is 9.47 Å². The Bertz CT molecular complexity index is 1110. The summed E-state index contributed by atoms with van der Waals surface area (Å²) in [6.07, 6.45) is 0. The molecule has 3 N–H and O–H groups in total. The summed E-state index contributed by atoms with van der Waals surface area (Å²) < 4.78 is 12.8. The summed E-state index contributed by atoms with van der Waals surface area (Å²) in [6.45, 7) is 2.56. The fourth-order valence-corrected chi connectivity index (χ4v) is 3.84. The summed E-state index contributed by atoms with van der Waals surface area (Å²) in [6, 6.07) is 7.91. The zero-order valence-electron chi connectivity index (χ0n) is 15.3. The highest BCUT2D eigenvalue weighted by atomic mass is 32.1. The Hall–Kier alpha value is -3.18. The molecule has 1 aliphatic rings. The number of carbonyl (C=O) groups excluding carboxylic acids is 2. The SMILES string of the molecule is CC(C(=O)NNC(=O)c1ccc2c(c1)OCCO2)n1c(-c2cccs2)n[nH]c1=S. The predicted molar refractivity (Wildman–Crippen MR) is 108 cm³/mol. The van der Waals surface area contributed by atoms with E-state index >= 15 is 0 Å². The number of aromatic nitrogens is 3. The molecule has 1 aliphatic heterocycles. The summed E-state index contributed by atoms with van der Waals surface area (Å²) in [4.78, 5) is 25.9. The van der Waals surface area contributed by atoms with Crippen LogP contribution in [-0.2, 0) is 4.79 Å². The summed E-state index contributed by atoms with van der Waals surface area (Å²) in [5.74, 6) is 0.726. The monoisotopic (exact) mass is 431 g/mol. The zero-order chi connectivity index (χ0) is 20.4.